The maximum Gasteiger partial charge on any atom is 0.117 e. The summed E-state index contributed by atoms with van der Waals surface area (Å²) in [5, 5.41) is 0.676. The normalized spacial score (nSPS) is 10.6. The Morgan fingerprint density at radius 1 is 1.06 bits per heavy atom. The van der Waals surface area contributed by atoms with E-state index in [1.54, 1.807) is 12.1 Å². The van der Waals surface area contributed by atoms with Gasteiger partial charge in [0.15, 0.2) is 0 Å². The molecule has 2 rings (SSSR count). The van der Waals surface area contributed by atoms with Crippen molar-refractivity contribution >= 4 is 24.9 Å². The molecule has 18 heavy (non-hydrogen) atoms. The number of halogens is 2. The summed E-state index contributed by atoms with van der Waals surface area (Å²) in [6.45, 7) is 0.774. The Bertz CT molecular complexity index is 545. The maximum absolute atomic E-state index is 13.2. The SMILES string of the molecule is [B]c1ccc(COCc2cccc(Cl)c2)cc1F. The van der Waals surface area contributed by atoms with E-state index in [-0.39, 0.29) is 5.46 Å². The Labute approximate surface area is 112 Å². The van der Waals surface area contributed by atoms with E-state index in [2.05, 4.69) is 0 Å². The zero-order valence-electron chi connectivity index (χ0n) is 9.70. The summed E-state index contributed by atoms with van der Waals surface area (Å²) >= 11 is 5.86. The van der Waals surface area contributed by atoms with Gasteiger partial charge in [0.05, 0.1) is 13.2 Å². The summed E-state index contributed by atoms with van der Waals surface area (Å²) in [5.41, 5.74) is 1.88. The van der Waals surface area contributed by atoms with Crippen molar-refractivity contribution in [2.45, 2.75) is 13.2 Å². The van der Waals surface area contributed by atoms with E-state index in [9.17, 15) is 4.39 Å². The monoisotopic (exact) mass is 260 g/mol. The standard InChI is InChI=1S/C14H11BClFO/c15-13-5-4-11(7-14(13)17)9-18-8-10-2-1-3-12(16)6-10/h1-7H,8-9H2. The minimum absolute atomic E-state index is 0.147. The Kier molecular flexibility index (Phi) is 4.40. The first-order valence-corrected chi connectivity index (χ1v) is 5.89. The second-order valence-corrected chi connectivity index (χ2v) is 4.42. The van der Waals surface area contributed by atoms with Crippen LogP contribution in [0.3, 0.4) is 0 Å². The van der Waals surface area contributed by atoms with Gasteiger partial charge in [-0.15, -0.1) is 0 Å². The fourth-order valence-corrected chi connectivity index (χ4v) is 1.79. The molecule has 0 saturated heterocycles. The molecule has 0 saturated carbocycles. The van der Waals surface area contributed by atoms with Gasteiger partial charge in [-0.1, -0.05) is 41.3 Å². The summed E-state index contributed by atoms with van der Waals surface area (Å²) in [7, 11) is 5.39. The van der Waals surface area contributed by atoms with Gasteiger partial charge in [-0.3, -0.25) is 0 Å². The predicted octanol–water partition coefficient (Wildman–Crippen LogP) is 2.99. The van der Waals surface area contributed by atoms with Crippen LogP contribution in [0, 0.1) is 5.82 Å². The topological polar surface area (TPSA) is 9.23 Å². The maximum atomic E-state index is 13.2. The van der Waals surface area contributed by atoms with Crippen molar-refractivity contribution in [3.63, 3.8) is 0 Å². The molecule has 4 heteroatoms. The van der Waals surface area contributed by atoms with E-state index >= 15 is 0 Å². The van der Waals surface area contributed by atoms with Crippen LogP contribution in [-0.4, -0.2) is 7.85 Å². The highest BCUT2D eigenvalue weighted by Crippen LogP contribution is 2.12. The molecular formula is C14H11BClFO. The van der Waals surface area contributed by atoms with Crippen LogP contribution in [0.25, 0.3) is 0 Å². The third-order valence-corrected chi connectivity index (χ3v) is 2.73. The molecular weight excluding hydrogens is 249 g/mol. The first-order chi connectivity index (χ1) is 8.65. The Hall–Kier alpha value is -1.32. The highest BCUT2D eigenvalue weighted by molar-refractivity contribution is 6.32. The van der Waals surface area contributed by atoms with Gasteiger partial charge in [0, 0.05) is 5.02 Å². The fraction of sp³-hybridized carbons (Fsp3) is 0.143. The molecule has 90 valence electrons. The summed E-state index contributed by atoms with van der Waals surface area (Å²) in [5.74, 6) is -0.418. The predicted molar refractivity (Wildman–Crippen MR) is 71.7 cm³/mol. The van der Waals surface area contributed by atoms with E-state index < -0.39 is 5.82 Å². The summed E-state index contributed by atoms with van der Waals surface area (Å²) in [6.07, 6.45) is 0. The van der Waals surface area contributed by atoms with Gasteiger partial charge in [0.2, 0.25) is 0 Å². The second-order valence-electron chi connectivity index (χ2n) is 3.98. The largest absolute Gasteiger partial charge is 0.372 e. The number of benzene rings is 2. The number of rotatable bonds is 4. The first-order valence-electron chi connectivity index (χ1n) is 5.51. The molecule has 0 aliphatic rings. The van der Waals surface area contributed by atoms with Gasteiger partial charge in [-0.25, -0.2) is 4.39 Å². The van der Waals surface area contributed by atoms with E-state index in [0.29, 0.717) is 18.2 Å². The molecule has 0 amide bonds. The second kappa shape index (κ2) is 6.03. The molecule has 0 spiro atoms. The highest BCUT2D eigenvalue weighted by atomic mass is 35.5. The van der Waals surface area contributed by atoms with Crippen molar-refractivity contribution in [1.29, 1.82) is 0 Å². The zero-order chi connectivity index (χ0) is 13.0. The molecule has 0 bridgehead atoms. The summed E-state index contributed by atoms with van der Waals surface area (Å²) < 4.78 is 18.7. The summed E-state index contributed by atoms with van der Waals surface area (Å²) in [4.78, 5) is 0. The Balaban J connectivity index is 1.90. The lowest BCUT2D eigenvalue weighted by atomic mass is 9.94. The van der Waals surface area contributed by atoms with Crippen molar-refractivity contribution in [3.8, 4) is 0 Å². The van der Waals surface area contributed by atoms with Crippen LogP contribution < -0.4 is 5.46 Å². The molecule has 0 aliphatic heterocycles. The van der Waals surface area contributed by atoms with Gasteiger partial charge < -0.3 is 4.74 Å². The number of hydrogen-bond acceptors (Lipinski definition) is 1. The van der Waals surface area contributed by atoms with Crippen LogP contribution in [0.15, 0.2) is 42.5 Å². The van der Waals surface area contributed by atoms with Crippen molar-refractivity contribution < 1.29 is 9.13 Å². The molecule has 0 N–H and O–H groups in total. The molecule has 2 radical (unpaired) electrons. The minimum Gasteiger partial charge on any atom is -0.372 e. The van der Waals surface area contributed by atoms with Crippen LogP contribution >= 0.6 is 11.6 Å². The van der Waals surface area contributed by atoms with Crippen LogP contribution in [0.4, 0.5) is 4.39 Å². The van der Waals surface area contributed by atoms with Gasteiger partial charge in [0.25, 0.3) is 0 Å². The third kappa shape index (κ3) is 3.59. The van der Waals surface area contributed by atoms with Crippen LogP contribution in [0.5, 0.6) is 0 Å². The van der Waals surface area contributed by atoms with Gasteiger partial charge in [-0.05, 0) is 29.3 Å². The summed E-state index contributed by atoms with van der Waals surface area (Å²) in [6, 6.07) is 12.1. The Morgan fingerprint density at radius 2 is 1.78 bits per heavy atom. The smallest absolute Gasteiger partial charge is 0.117 e. The molecule has 0 unspecified atom stereocenters. The van der Waals surface area contributed by atoms with Gasteiger partial charge in [0.1, 0.15) is 13.7 Å². The molecule has 0 atom stereocenters. The van der Waals surface area contributed by atoms with E-state index in [1.165, 1.54) is 12.1 Å². The van der Waals surface area contributed by atoms with Crippen molar-refractivity contribution in [3.05, 3.63) is 64.4 Å². The van der Waals surface area contributed by atoms with Crippen molar-refractivity contribution in [2.75, 3.05) is 0 Å². The van der Waals surface area contributed by atoms with E-state index in [0.717, 1.165) is 11.1 Å². The number of hydrogen-bond donors (Lipinski definition) is 0. The molecule has 0 fully saturated rings. The fourth-order valence-electron chi connectivity index (χ4n) is 1.57. The molecule has 1 nitrogen and oxygen atoms in total. The van der Waals surface area contributed by atoms with Crippen LogP contribution in [0.1, 0.15) is 11.1 Å². The molecule has 0 aromatic heterocycles. The van der Waals surface area contributed by atoms with Crippen molar-refractivity contribution in [1.82, 2.24) is 0 Å². The van der Waals surface area contributed by atoms with Gasteiger partial charge >= 0.3 is 0 Å². The lowest BCUT2D eigenvalue weighted by Gasteiger charge is -2.06. The average Bonchev–Trinajstić information content (AvgIpc) is 2.34. The molecule has 0 heterocycles. The molecule has 2 aromatic carbocycles. The Morgan fingerprint density at radius 3 is 2.44 bits per heavy atom. The number of ether oxygens (including phenoxy) is 1. The molecule has 0 aliphatic carbocycles. The lowest BCUT2D eigenvalue weighted by molar-refractivity contribution is 0.107. The first kappa shape index (κ1) is 13.1. The van der Waals surface area contributed by atoms with E-state index in [4.69, 9.17) is 24.2 Å². The van der Waals surface area contributed by atoms with Crippen LogP contribution in [-0.2, 0) is 18.0 Å². The highest BCUT2D eigenvalue weighted by Gasteiger charge is 2.00. The van der Waals surface area contributed by atoms with Gasteiger partial charge in [-0.2, -0.15) is 0 Å². The van der Waals surface area contributed by atoms with Crippen molar-refractivity contribution in [2.24, 2.45) is 0 Å². The lowest BCUT2D eigenvalue weighted by Crippen LogP contribution is -2.08. The van der Waals surface area contributed by atoms with E-state index in [1.807, 2.05) is 18.2 Å². The van der Waals surface area contributed by atoms with Crippen LogP contribution in [0.2, 0.25) is 5.02 Å². The molecule has 2 aromatic rings. The average molecular weight is 261 g/mol. The minimum atomic E-state index is -0.418. The quantitative estimate of drug-likeness (QED) is 0.768. The zero-order valence-corrected chi connectivity index (χ0v) is 10.5. The third-order valence-electron chi connectivity index (χ3n) is 2.49.